The van der Waals surface area contributed by atoms with Crippen LogP contribution in [0.1, 0.15) is 11.1 Å². The first-order valence-corrected chi connectivity index (χ1v) is 8.71. The highest BCUT2D eigenvalue weighted by Crippen LogP contribution is 2.39. The van der Waals surface area contributed by atoms with Gasteiger partial charge in [0.1, 0.15) is 5.00 Å². The van der Waals surface area contributed by atoms with Crippen molar-refractivity contribution in [2.45, 2.75) is 13.0 Å². The Bertz CT molecular complexity index is 890. The molecule has 0 fully saturated rings. The van der Waals surface area contributed by atoms with E-state index in [1.54, 1.807) is 0 Å². The van der Waals surface area contributed by atoms with E-state index < -0.39 is 0 Å². The first kappa shape index (κ1) is 14.5. The third kappa shape index (κ3) is 2.69. The lowest BCUT2D eigenvalue weighted by atomic mass is 10.0. The summed E-state index contributed by atoms with van der Waals surface area (Å²) in [5.74, 6) is 0. The number of fused-ring (bicyclic) bond motifs is 2. The minimum Gasteiger partial charge on any atom is -0.320 e. The van der Waals surface area contributed by atoms with E-state index in [2.05, 4.69) is 17.4 Å². The normalized spacial score (nSPS) is 13.9. The molecule has 0 atom stereocenters. The van der Waals surface area contributed by atoms with Gasteiger partial charge >= 0.3 is 6.03 Å². The number of rotatable bonds is 1. The van der Waals surface area contributed by atoms with E-state index >= 15 is 0 Å². The average Bonchev–Trinajstić information content (AvgIpc) is 2.91. The molecule has 1 aliphatic heterocycles. The van der Waals surface area contributed by atoms with Gasteiger partial charge in [0.25, 0.3) is 0 Å². The van der Waals surface area contributed by atoms with Crippen LogP contribution in [-0.2, 0) is 13.0 Å². The van der Waals surface area contributed by atoms with Crippen LogP contribution in [0.5, 0.6) is 0 Å². The molecular formula is C18H15ClN2OS. The predicted octanol–water partition coefficient (Wildman–Crippen LogP) is 5.14. The van der Waals surface area contributed by atoms with Crippen molar-refractivity contribution in [3.8, 4) is 0 Å². The summed E-state index contributed by atoms with van der Waals surface area (Å²) in [5, 5.41) is 5.30. The Balaban J connectivity index is 1.55. The van der Waals surface area contributed by atoms with E-state index in [0.29, 0.717) is 11.6 Å². The molecule has 1 aliphatic rings. The van der Waals surface area contributed by atoms with Crippen LogP contribution in [0.2, 0.25) is 5.02 Å². The second-order valence-corrected chi connectivity index (χ2v) is 7.04. The molecule has 0 saturated carbocycles. The summed E-state index contributed by atoms with van der Waals surface area (Å²) in [4.78, 5) is 14.4. The van der Waals surface area contributed by atoms with E-state index in [4.69, 9.17) is 11.6 Å². The topological polar surface area (TPSA) is 32.3 Å². The molecule has 0 radical (unpaired) electrons. The smallest absolute Gasteiger partial charge is 0.320 e. The summed E-state index contributed by atoms with van der Waals surface area (Å²) in [6.07, 6.45) is 0.893. The van der Waals surface area contributed by atoms with Crippen molar-refractivity contribution >= 4 is 44.1 Å². The molecule has 0 spiro atoms. The van der Waals surface area contributed by atoms with Crippen LogP contribution < -0.4 is 5.32 Å². The number of halogens is 1. The van der Waals surface area contributed by atoms with Gasteiger partial charge in [-0.25, -0.2) is 4.79 Å². The van der Waals surface area contributed by atoms with E-state index in [0.717, 1.165) is 28.1 Å². The highest BCUT2D eigenvalue weighted by Gasteiger charge is 2.22. The van der Waals surface area contributed by atoms with Crippen molar-refractivity contribution in [3.63, 3.8) is 0 Å². The van der Waals surface area contributed by atoms with E-state index in [9.17, 15) is 4.79 Å². The van der Waals surface area contributed by atoms with Crippen LogP contribution in [0.4, 0.5) is 9.80 Å². The monoisotopic (exact) mass is 342 g/mol. The number of hydrogen-bond acceptors (Lipinski definition) is 2. The van der Waals surface area contributed by atoms with Crippen LogP contribution >= 0.6 is 22.9 Å². The van der Waals surface area contributed by atoms with Crippen LogP contribution in [0.3, 0.4) is 0 Å². The summed E-state index contributed by atoms with van der Waals surface area (Å²) >= 11 is 7.91. The van der Waals surface area contributed by atoms with Gasteiger partial charge in [0.2, 0.25) is 0 Å². The van der Waals surface area contributed by atoms with Gasteiger partial charge < -0.3 is 4.90 Å². The number of carbonyl (C=O) groups excluding carboxylic acids is 1. The Morgan fingerprint density at radius 1 is 1.09 bits per heavy atom. The molecule has 0 saturated heterocycles. The third-order valence-corrected chi connectivity index (χ3v) is 5.76. The molecule has 2 heterocycles. The maximum absolute atomic E-state index is 12.6. The number of thiophene rings is 1. The molecule has 0 bridgehead atoms. The zero-order valence-corrected chi connectivity index (χ0v) is 14.0. The van der Waals surface area contributed by atoms with Gasteiger partial charge in [-0.15, -0.1) is 11.3 Å². The maximum atomic E-state index is 12.6. The van der Waals surface area contributed by atoms with E-state index in [1.165, 1.54) is 22.5 Å². The fraction of sp³-hybridized carbons (Fsp3) is 0.167. The molecule has 5 heteroatoms. The SMILES string of the molecule is O=C(Nc1sc2ccccc2c1Cl)N1CCc2ccccc2C1. The zero-order valence-electron chi connectivity index (χ0n) is 12.4. The summed E-state index contributed by atoms with van der Waals surface area (Å²) in [6.45, 7) is 1.37. The van der Waals surface area contributed by atoms with Crippen LogP contribution in [0.25, 0.3) is 10.1 Å². The molecule has 2 amide bonds. The molecule has 0 unspecified atom stereocenters. The molecule has 0 aliphatic carbocycles. The Labute approximate surface area is 143 Å². The first-order valence-electron chi connectivity index (χ1n) is 7.52. The zero-order chi connectivity index (χ0) is 15.8. The number of nitrogens with one attached hydrogen (secondary N) is 1. The van der Waals surface area contributed by atoms with E-state index in [-0.39, 0.29) is 6.03 Å². The van der Waals surface area contributed by atoms with Crippen LogP contribution in [0, 0.1) is 0 Å². The molecular weight excluding hydrogens is 328 g/mol. The summed E-state index contributed by atoms with van der Waals surface area (Å²) in [5.41, 5.74) is 2.55. The third-order valence-electron chi connectivity index (χ3n) is 4.17. The minimum atomic E-state index is -0.0899. The Kier molecular flexibility index (Phi) is 3.71. The molecule has 2 aromatic carbocycles. The van der Waals surface area contributed by atoms with Gasteiger partial charge in [-0.2, -0.15) is 0 Å². The molecule has 1 aromatic heterocycles. The fourth-order valence-electron chi connectivity index (χ4n) is 2.94. The summed E-state index contributed by atoms with van der Waals surface area (Å²) in [7, 11) is 0. The van der Waals surface area contributed by atoms with Gasteiger partial charge in [0.05, 0.1) is 5.02 Å². The number of amides is 2. The highest BCUT2D eigenvalue weighted by molar-refractivity contribution is 7.23. The fourth-order valence-corrected chi connectivity index (χ4v) is 4.31. The van der Waals surface area contributed by atoms with Crippen molar-refractivity contribution in [1.82, 2.24) is 4.90 Å². The van der Waals surface area contributed by atoms with E-state index in [1.807, 2.05) is 41.3 Å². The number of anilines is 1. The predicted molar refractivity (Wildman–Crippen MR) is 96.4 cm³/mol. The van der Waals surface area contributed by atoms with Gasteiger partial charge in [0, 0.05) is 23.2 Å². The van der Waals surface area contributed by atoms with Gasteiger partial charge in [0.15, 0.2) is 0 Å². The Morgan fingerprint density at radius 2 is 1.83 bits per heavy atom. The second-order valence-electron chi connectivity index (χ2n) is 5.61. The molecule has 3 aromatic rings. The minimum absolute atomic E-state index is 0.0899. The standard InChI is InChI=1S/C18H15ClN2OS/c19-16-14-7-3-4-8-15(14)23-17(16)20-18(22)21-10-9-12-5-1-2-6-13(12)11-21/h1-8H,9-11H2,(H,20,22). The van der Waals surface area contributed by atoms with Gasteiger partial charge in [-0.1, -0.05) is 54.1 Å². The van der Waals surface area contributed by atoms with Gasteiger partial charge in [-0.3, -0.25) is 5.32 Å². The molecule has 1 N–H and O–H groups in total. The van der Waals surface area contributed by atoms with Crippen molar-refractivity contribution in [2.75, 3.05) is 11.9 Å². The maximum Gasteiger partial charge on any atom is 0.322 e. The molecule has 23 heavy (non-hydrogen) atoms. The van der Waals surface area contributed by atoms with Crippen LogP contribution in [0.15, 0.2) is 48.5 Å². The summed E-state index contributed by atoms with van der Waals surface area (Å²) in [6, 6.07) is 16.1. The van der Waals surface area contributed by atoms with Crippen LogP contribution in [-0.4, -0.2) is 17.5 Å². The largest absolute Gasteiger partial charge is 0.322 e. The number of urea groups is 1. The molecule has 116 valence electrons. The molecule has 4 rings (SSSR count). The summed E-state index contributed by atoms with van der Waals surface area (Å²) < 4.78 is 1.08. The lowest BCUT2D eigenvalue weighted by molar-refractivity contribution is 0.206. The molecule has 3 nitrogen and oxygen atoms in total. The number of hydrogen-bond donors (Lipinski definition) is 1. The first-order chi connectivity index (χ1) is 11.2. The van der Waals surface area contributed by atoms with Gasteiger partial charge in [-0.05, 0) is 23.6 Å². The number of carbonyl (C=O) groups is 1. The lowest BCUT2D eigenvalue weighted by Crippen LogP contribution is -2.38. The van der Waals surface area contributed by atoms with Crippen molar-refractivity contribution in [3.05, 3.63) is 64.7 Å². The Morgan fingerprint density at radius 3 is 2.65 bits per heavy atom. The highest BCUT2D eigenvalue weighted by atomic mass is 35.5. The number of nitrogens with zero attached hydrogens (tertiary/aromatic N) is 1. The average molecular weight is 343 g/mol. The Hall–Kier alpha value is -2.04. The quantitative estimate of drug-likeness (QED) is 0.652. The van der Waals surface area contributed by atoms with Crippen molar-refractivity contribution in [1.29, 1.82) is 0 Å². The van der Waals surface area contributed by atoms with Crippen molar-refractivity contribution in [2.24, 2.45) is 0 Å². The number of benzene rings is 2. The van der Waals surface area contributed by atoms with Crippen molar-refractivity contribution < 1.29 is 4.79 Å². The second kappa shape index (κ2) is 5.87. The lowest BCUT2D eigenvalue weighted by Gasteiger charge is -2.28.